The fraction of sp³-hybridized carbons (Fsp3) is 0.0909. The van der Waals surface area contributed by atoms with E-state index in [-0.39, 0.29) is 11.9 Å². The summed E-state index contributed by atoms with van der Waals surface area (Å²) >= 11 is 5.98. The number of carbonyl (C=O) groups is 1. The van der Waals surface area contributed by atoms with Crippen LogP contribution in [0.3, 0.4) is 0 Å². The summed E-state index contributed by atoms with van der Waals surface area (Å²) < 4.78 is 0. The highest BCUT2D eigenvalue weighted by Crippen LogP contribution is 2.31. The quantitative estimate of drug-likeness (QED) is 0.720. The summed E-state index contributed by atoms with van der Waals surface area (Å²) in [5, 5.41) is 3.17. The molecule has 0 unspecified atom stereocenters. The van der Waals surface area contributed by atoms with E-state index in [0.29, 0.717) is 17.3 Å². The number of nitrogen functional groups attached to an aromatic ring is 1. The number of H-pyrrole nitrogens is 1. The van der Waals surface area contributed by atoms with Crippen LogP contribution in [0.5, 0.6) is 0 Å². The lowest BCUT2D eigenvalue weighted by atomic mass is 10.1. The Kier molecular flexibility index (Phi) is 2.09. The van der Waals surface area contributed by atoms with Crippen molar-refractivity contribution in [2.24, 2.45) is 0 Å². The lowest BCUT2D eigenvalue weighted by Gasteiger charge is -2.01. The number of nitrogens with two attached hydrogens (primary N) is 1. The second-order valence-corrected chi connectivity index (χ2v) is 4.26. The van der Waals surface area contributed by atoms with E-state index in [4.69, 9.17) is 17.3 Å². The minimum Gasteiger partial charge on any atom is -0.369 e. The van der Waals surface area contributed by atoms with Gasteiger partial charge in [-0.3, -0.25) is 4.79 Å². The van der Waals surface area contributed by atoms with Crippen molar-refractivity contribution in [2.75, 3.05) is 11.1 Å². The molecule has 86 valence electrons. The van der Waals surface area contributed by atoms with Gasteiger partial charge in [-0.1, -0.05) is 17.7 Å². The SMILES string of the molecule is Nc1nc(-c2ccc3c(c2)CC(=O)N3)c(Cl)[nH]1. The van der Waals surface area contributed by atoms with Crippen molar-refractivity contribution in [3.63, 3.8) is 0 Å². The van der Waals surface area contributed by atoms with Gasteiger partial charge in [0.1, 0.15) is 10.8 Å². The van der Waals surface area contributed by atoms with E-state index in [1.807, 2.05) is 18.2 Å². The molecule has 0 aliphatic carbocycles. The minimum atomic E-state index is 0.00443. The molecule has 0 spiro atoms. The Morgan fingerprint density at radius 3 is 2.94 bits per heavy atom. The van der Waals surface area contributed by atoms with E-state index >= 15 is 0 Å². The van der Waals surface area contributed by atoms with Gasteiger partial charge in [-0.05, 0) is 17.7 Å². The number of hydrogen-bond donors (Lipinski definition) is 3. The standard InChI is InChI=1S/C11H9ClN4O/c12-10-9(15-11(13)16-10)5-1-2-7-6(3-5)4-8(17)14-7/h1-3H,4H2,(H,14,17)(H3,13,15,16). The Balaban J connectivity index is 2.09. The van der Waals surface area contributed by atoms with Crippen molar-refractivity contribution in [2.45, 2.75) is 6.42 Å². The van der Waals surface area contributed by atoms with Crippen LogP contribution in [0.15, 0.2) is 18.2 Å². The number of amides is 1. The molecule has 2 heterocycles. The van der Waals surface area contributed by atoms with Gasteiger partial charge < -0.3 is 16.0 Å². The summed E-state index contributed by atoms with van der Waals surface area (Å²) in [6.07, 6.45) is 0.390. The van der Waals surface area contributed by atoms with Gasteiger partial charge in [-0.15, -0.1) is 0 Å². The van der Waals surface area contributed by atoms with Gasteiger partial charge in [0, 0.05) is 11.3 Å². The Hall–Kier alpha value is -2.01. The zero-order valence-electron chi connectivity index (χ0n) is 8.75. The fourth-order valence-corrected chi connectivity index (χ4v) is 2.19. The smallest absolute Gasteiger partial charge is 0.228 e. The minimum absolute atomic E-state index is 0.00443. The fourth-order valence-electron chi connectivity index (χ4n) is 1.94. The second-order valence-electron chi connectivity index (χ2n) is 3.88. The number of aromatic nitrogens is 2. The van der Waals surface area contributed by atoms with E-state index in [1.165, 1.54) is 0 Å². The van der Waals surface area contributed by atoms with Gasteiger partial charge in [-0.2, -0.15) is 0 Å². The first-order valence-corrected chi connectivity index (χ1v) is 5.45. The van der Waals surface area contributed by atoms with E-state index in [1.54, 1.807) is 0 Å². The molecule has 1 aromatic carbocycles. The monoisotopic (exact) mass is 248 g/mol. The molecule has 6 heteroatoms. The third kappa shape index (κ3) is 1.64. The van der Waals surface area contributed by atoms with Crippen LogP contribution in [-0.4, -0.2) is 15.9 Å². The molecule has 0 radical (unpaired) electrons. The average molecular weight is 249 g/mol. The predicted octanol–water partition coefficient (Wildman–Crippen LogP) is 1.81. The van der Waals surface area contributed by atoms with Gasteiger partial charge in [0.15, 0.2) is 5.95 Å². The number of nitrogens with one attached hydrogen (secondary N) is 2. The number of imidazole rings is 1. The summed E-state index contributed by atoms with van der Waals surface area (Å²) in [4.78, 5) is 18.1. The molecular weight excluding hydrogens is 240 g/mol. The number of rotatable bonds is 1. The number of anilines is 2. The normalized spacial score (nSPS) is 13.6. The number of nitrogens with zero attached hydrogens (tertiary/aromatic N) is 1. The van der Waals surface area contributed by atoms with Gasteiger partial charge in [0.25, 0.3) is 0 Å². The first-order valence-electron chi connectivity index (χ1n) is 5.07. The number of aromatic amines is 1. The Bertz CT molecular complexity index is 620. The molecule has 2 aromatic rings. The highest BCUT2D eigenvalue weighted by atomic mass is 35.5. The molecule has 0 saturated carbocycles. The zero-order chi connectivity index (χ0) is 12.0. The van der Waals surface area contributed by atoms with E-state index in [2.05, 4.69) is 15.3 Å². The van der Waals surface area contributed by atoms with Gasteiger partial charge >= 0.3 is 0 Å². The Morgan fingerprint density at radius 1 is 1.41 bits per heavy atom. The Labute approximate surface area is 102 Å². The van der Waals surface area contributed by atoms with Crippen LogP contribution >= 0.6 is 11.6 Å². The van der Waals surface area contributed by atoms with Crippen LogP contribution in [0.4, 0.5) is 11.6 Å². The topological polar surface area (TPSA) is 83.8 Å². The van der Waals surface area contributed by atoms with Crippen LogP contribution in [0, 0.1) is 0 Å². The highest BCUT2D eigenvalue weighted by Gasteiger charge is 2.19. The second kappa shape index (κ2) is 3.49. The molecule has 1 amide bonds. The average Bonchev–Trinajstić information content (AvgIpc) is 2.78. The summed E-state index contributed by atoms with van der Waals surface area (Å²) in [6, 6.07) is 5.59. The molecular formula is C11H9ClN4O. The van der Waals surface area contributed by atoms with E-state index in [9.17, 15) is 4.79 Å². The summed E-state index contributed by atoms with van der Waals surface area (Å²) in [6.45, 7) is 0. The molecule has 3 rings (SSSR count). The largest absolute Gasteiger partial charge is 0.369 e. The molecule has 5 nitrogen and oxygen atoms in total. The first kappa shape index (κ1) is 10.2. The number of carbonyl (C=O) groups excluding carboxylic acids is 1. The van der Waals surface area contributed by atoms with Crippen LogP contribution in [0.25, 0.3) is 11.3 Å². The van der Waals surface area contributed by atoms with E-state index < -0.39 is 0 Å². The van der Waals surface area contributed by atoms with Gasteiger partial charge in [-0.25, -0.2) is 4.98 Å². The van der Waals surface area contributed by atoms with Crippen LogP contribution < -0.4 is 11.1 Å². The van der Waals surface area contributed by atoms with Crippen molar-refractivity contribution in [1.29, 1.82) is 0 Å². The summed E-state index contributed by atoms with van der Waals surface area (Å²) in [7, 11) is 0. The molecule has 0 bridgehead atoms. The zero-order valence-corrected chi connectivity index (χ0v) is 9.51. The van der Waals surface area contributed by atoms with Gasteiger partial charge in [0.2, 0.25) is 5.91 Å². The van der Waals surface area contributed by atoms with Crippen LogP contribution in [0.2, 0.25) is 5.15 Å². The Morgan fingerprint density at radius 2 is 2.24 bits per heavy atom. The molecule has 0 saturated heterocycles. The lowest BCUT2D eigenvalue weighted by Crippen LogP contribution is -2.03. The third-order valence-electron chi connectivity index (χ3n) is 2.68. The molecule has 1 aliphatic heterocycles. The molecule has 0 fully saturated rings. The number of hydrogen-bond acceptors (Lipinski definition) is 3. The highest BCUT2D eigenvalue weighted by molar-refractivity contribution is 6.32. The molecule has 4 N–H and O–H groups in total. The summed E-state index contributed by atoms with van der Waals surface area (Å²) in [5.41, 5.74) is 8.78. The van der Waals surface area contributed by atoms with Gasteiger partial charge in [0.05, 0.1) is 6.42 Å². The predicted molar refractivity (Wildman–Crippen MR) is 65.8 cm³/mol. The van der Waals surface area contributed by atoms with Crippen molar-refractivity contribution in [3.8, 4) is 11.3 Å². The summed E-state index contributed by atoms with van der Waals surface area (Å²) in [5.74, 6) is 0.282. The maximum atomic E-state index is 11.2. The third-order valence-corrected chi connectivity index (χ3v) is 2.96. The number of fused-ring (bicyclic) bond motifs is 1. The molecule has 0 atom stereocenters. The van der Waals surface area contributed by atoms with Crippen molar-refractivity contribution < 1.29 is 4.79 Å². The van der Waals surface area contributed by atoms with E-state index in [0.717, 1.165) is 16.8 Å². The maximum absolute atomic E-state index is 11.2. The lowest BCUT2D eigenvalue weighted by molar-refractivity contribution is -0.115. The van der Waals surface area contributed by atoms with Crippen LogP contribution in [-0.2, 0) is 11.2 Å². The van der Waals surface area contributed by atoms with Crippen molar-refractivity contribution >= 4 is 29.1 Å². The van der Waals surface area contributed by atoms with Crippen molar-refractivity contribution in [1.82, 2.24) is 9.97 Å². The maximum Gasteiger partial charge on any atom is 0.228 e. The first-order chi connectivity index (χ1) is 8.13. The number of benzene rings is 1. The number of halogens is 1. The van der Waals surface area contributed by atoms with Crippen molar-refractivity contribution in [3.05, 3.63) is 28.9 Å². The molecule has 1 aliphatic rings. The molecule has 1 aromatic heterocycles. The van der Waals surface area contributed by atoms with Crippen LogP contribution in [0.1, 0.15) is 5.56 Å². The molecule has 17 heavy (non-hydrogen) atoms.